The molecule has 1 aliphatic carbocycles. The highest BCUT2D eigenvalue weighted by Crippen LogP contribution is 2.40. The van der Waals surface area contributed by atoms with E-state index in [9.17, 15) is 0 Å². The van der Waals surface area contributed by atoms with Crippen LogP contribution in [0.3, 0.4) is 0 Å². The van der Waals surface area contributed by atoms with Crippen molar-refractivity contribution in [3.05, 3.63) is 0 Å². The number of hydrogen-bond donors (Lipinski definition) is 2. The number of nitrogens with zero attached hydrogens (tertiary/aromatic N) is 1. The Balaban J connectivity index is 1.75. The van der Waals surface area contributed by atoms with E-state index in [1.54, 1.807) is 0 Å². The van der Waals surface area contributed by atoms with Crippen LogP contribution in [0.15, 0.2) is 0 Å². The molecule has 1 unspecified atom stereocenters. The summed E-state index contributed by atoms with van der Waals surface area (Å²) in [6.07, 6.45) is 5.58. The molecule has 2 N–H and O–H groups in total. The average molecular weight is 267 g/mol. The molecule has 0 radical (unpaired) electrons. The Morgan fingerprint density at radius 3 is 2.47 bits per heavy atom. The average Bonchev–Trinajstić information content (AvgIpc) is 2.73. The highest BCUT2D eigenvalue weighted by Gasteiger charge is 2.37. The van der Waals surface area contributed by atoms with E-state index < -0.39 is 0 Å². The van der Waals surface area contributed by atoms with Gasteiger partial charge < -0.3 is 15.5 Å². The van der Waals surface area contributed by atoms with Crippen LogP contribution >= 0.6 is 0 Å². The summed E-state index contributed by atoms with van der Waals surface area (Å²) in [5, 5.41) is 7.16. The normalized spacial score (nSPS) is 27.5. The summed E-state index contributed by atoms with van der Waals surface area (Å²) in [5.74, 6) is 0.853. The van der Waals surface area contributed by atoms with Crippen molar-refractivity contribution in [2.24, 2.45) is 16.7 Å². The second kappa shape index (κ2) is 6.11. The molecular weight excluding hydrogens is 234 g/mol. The first-order valence-corrected chi connectivity index (χ1v) is 8.01. The second-order valence-corrected chi connectivity index (χ2v) is 7.72. The van der Waals surface area contributed by atoms with Crippen LogP contribution in [0.1, 0.15) is 39.5 Å². The van der Waals surface area contributed by atoms with Crippen LogP contribution in [0.25, 0.3) is 0 Å². The Kier molecular flexibility index (Phi) is 4.91. The molecule has 3 nitrogen and oxygen atoms in total. The Morgan fingerprint density at radius 2 is 2.00 bits per heavy atom. The molecule has 112 valence electrons. The lowest BCUT2D eigenvalue weighted by molar-refractivity contribution is 0.117. The van der Waals surface area contributed by atoms with Crippen LogP contribution in [-0.2, 0) is 0 Å². The zero-order chi connectivity index (χ0) is 13.9. The van der Waals surface area contributed by atoms with Gasteiger partial charge in [0.2, 0.25) is 0 Å². The van der Waals surface area contributed by atoms with E-state index in [1.807, 2.05) is 0 Å². The maximum atomic E-state index is 3.79. The monoisotopic (exact) mass is 267 g/mol. The number of hydrogen-bond acceptors (Lipinski definition) is 3. The van der Waals surface area contributed by atoms with Crippen molar-refractivity contribution in [1.82, 2.24) is 15.5 Å². The maximum Gasteiger partial charge on any atom is 0.00202 e. The lowest BCUT2D eigenvalue weighted by Crippen LogP contribution is -2.48. The summed E-state index contributed by atoms with van der Waals surface area (Å²) in [6.45, 7) is 11.0. The fourth-order valence-electron chi connectivity index (χ4n) is 3.83. The second-order valence-electron chi connectivity index (χ2n) is 7.72. The third-order valence-electron chi connectivity index (χ3n) is 5.54. The van der Waals surface area contributed by atoms with E-state index in [4.69, 9.17) is 0 Å². The van der Waals surface area contributed by atoms with E-state index in [2.05, 4.69) is 43.5 Å². The molecule has 0 aromatic heterocycles. The molecule has 0 aromatic carbocycles. The quantitative estimate of drug-likeness (QED) is 0.738. The topological polar surface area (TPSA) is 27.3 Å². The molecule has 0 spiro atoms. The van der Waals surface area contributed by atoms with Crippen LogP contribution in [0, 0.1) is 16.7 Å². The molecule has 1 saturated heterocycles. The van der Waals surface area contributed by atoms with Crippen molar-refractivity contribution < 1.29 is 0 Å². The lowest BCUT2D eigenvalue weighted by Gasteiger charge is -2.43. The van der Waals surface area contributed by atoms with Gasteiger partial charge in [0.15, 0.2) is 0 Å². The molecule has 1 aliphatic heterocycles. The van der Waals surface area contributed by atoms with Gasteiger partial charge in [-0.25, -0.2) is 0 Å². The van der Waals surface area contributed by atoms with Gasteiger partial charge in [-0.3, -0.25) is 0 Å². The Labute approximate surface area is 119 Å². The van der Waals surface area contributed by atoms with Crippen molar-refractivity contribution in [1.29, 1.82) is 0 Å². The zero-order valence-electron chi connectivity index (χ0n) is 13.4. The number of rotatable bonds is 7. The standard InChI is InChI=1S/C16H33N3/c1-15(2,14-6-9-19(4)10-14)11-18-13-16(12-17-3)7-5-8-16/h14,17-18H,5-13H2,1-4H3. The van der Waals surface area contributed by atoms with Gasteiger partial charge in [-0.15, -0.1) is 0 Å². The summed E-state index contributed by atoms with van der Waals surface area (Å²) in [5.41, 5.74) is 0.979. The molecule has 3 heteroatoms. The van der Waals surface area contributed by atoms with Gasteiger partial charge in [0.25, 0.3) is 0 Å². The minimum atomic E-state index is 0.426. The van der Waals surface area contributed by atoms with Gasteiger partial charge in [-0.2, -0.15) is 0 Å². The summed E-state index contributed by atoms with van der Waals surface area (Å²) in [6, 6.07) is 0. The van der Waals surface area contributed by atoms with E-state index >= 15 is 0 Å². The zero-order valence-corrected chi connectivity index (χ0v) is 13.4. The summed E-state index contributed by atoms with van der Waals surface area (Å²) < 4.78 is 0. The summed E-state index contributed by atoms with van der Waals surface area (Å²) in [7, 11) is 4.33. The van der Waals surface area contributed by atoms with E-state index in [0.717, 1.165) is 12.5 Å². The van der Waals surface area contributed by atoms with Crippen molar-refractivity contribution in [2.45, 2.75) is 39.5 Å². The fraction of sp³-hybridized carbons (Fsp3) is 1.00. The van der Waals surface area contributed by atoms with E-state index in [0.29, 0.717) is 10.8 Å². The Bertz CT molecular complexity index is 284. The number of likely N-dealkylation sites (tertiary alicyclic amines) is 1. The molecule has 2 rings (SSSR count). The van der Waals surface area contributed by atoms with Crippen LogP contribution in [-0.4, -0.2) is 51.7 Å². The Hall–Kier alpha value is -0.120. The van der Waals surface area contributed by atoms with Gasteiger partial charge in [-0.1, -0.05) is 20.3 Å². The van der Waals surface area contributed by atoms with Gasteiger partial charge in [0.05, 0.1) is 0 Å². The predicted octanol–water partition coefficient (Wildman–Crippen LogP) is 1.94. The number of nitrogens with one attached hydrogen (secondary N) is 2. The highest BCUT2D eigenvalue weighted by molar-refractivity contribution is 4.93. The van der Waals surface area contributed by atoms with Crippen molar-refractivity contribution >= 4 is 0 Å². The highest BCUT2D eigenvalue weighted by atomic mass is 15.1. The third kappa shape index (κ3) is 3.71. The molecule has 1 atom stereocenters. The largest absolute Gasteiger partial charge is 0.319 e. The summed E-state index contributed by atoms with van der Waals surface area (Å²) >= 11 is 0. The molecule has 0 bridgehead atoms. The molecule has 0 aromatic rings. The first-order valence-electron chi connectivity index (χ1n) is 8.01. The van der Waals surface area contributed by atoms with Crippen molar-refractivity contribution in [3.8, 4) is 0 Å². The fourth-order valence-corrected chi connectivity index (χ4v) is 3.83. The van der Waals surface area contributed by atoms with Crippen LogP contribution in [0.2, 0.25) is 0 Å². The molecule has 0 amide bonds. The van der Waals surface area contributed by atoms with E-state index in [-0.39, 0.29) is 0 Å². The molecule has 1 heterocycles. The SMILES string of the molecule is CNCC1(CNCC(C)(C)C2CCN(C)C2)CCC1. The molecule has 2 fully saturated rings. The first-order chi connectivity index (χ1) is 8.97. The van der Waals surface area contributed by atoms with E-state index in [1.165, 1.54) is 51.9 Å². The van der Waals surface area contributed by atoms with Gasteiger partial charge in [-0.05, 0) is 56.7 Å². The van der Waals surface area contributed by atoms with Crippen LogP contribution < -0.4 is 10.6 Å². The minimum Gasteiger partial charge on any atom is -0.319 e. The molecule has 19 heavy (non-hydrogen) atoms. The maximum absolute atomic E-state index is 3.79. The Morgan fingerprint density at radius 1 is 1.26 bits per heavy atom. The minimum absolute atomic E-state index is 0.426. The smallest absolute Gasteiger partial charge is 0.00202 e. The van der Waals surface area contributed by atoms with Crippen LogP contribution in [0.5, 0.6) is 0 Å². The van der Waals surface area contributed by atoms with Gasteiger partial charge >= 0.3 is 0 Å². The lowest BCUT2D eigenvalue weighted by atomic mass is 9.68. The molecule has 1 saturated carbocycles. The first kappa shape index (κ1) is 15.3. The third-order valence-corrected chi connectivity index (χ3v) is 5.54. The summed E-state index contributed by atoms with van der Waals surface area (Å²) in [4.78, 5) is 2.47. The van der Waals surface area contributed by atoms with Crippen LogP contribution in [0.4, 0.5) is 0 Å². The predicted molar refractivity (Wildman–Crippen MR) is 82.5 cm³/mol. The molecular formula is C16H33N3. The van der Waals surface area contributed by atoms with Gasteiger partial charge in [0.1, 0.15) is 0 Å². The molecule has 2 aliphatic rings. The van der Waals surface area contributed by atoms with Gasteiger partial charge in [0, 0.05) is 26.2 Å². The van der Waals surface area contributed by atoms with Crippen molar-refractivity contribution in [3.63, 3.8) is 0 Å². The van der Waals surface area contributed by atoms with Crippen molar-refractivity contribution in [2.75, 3.05) is 46.8 Å².